The zero-order valence-electron chi connectivity index (χ0n) is 7.79. The maximum absolute atomic E-state index is 9.28. The number of phenols is 1. The van der Waals surface area contributed by atoms with Crippen LogP contribution in [0.1, 0.15) is 23.5 Å². The van der Waals surface area contributed by atoms with Crippen molar-refractivity contribution < 1.29 is 9.84 Å². The van der Waals surface area contributed by atoms with Crippen molar-refractivity contribution in [1.82, 2.24) is 0 Å². The Kier molecular flexibility index (Phi) is 2.23. The number of phenolic OH excluding ortho intramolecular Hbond substituents is 1. The highest BCUT2D eigenvalue weighted by atomic mass is 16.5. The van der Waals surface area contributed by atoms with Gasteiger partial charge in [0.2, 0.25) is 0 Å². The number of rotatable bonds is 2. The number of ether oxygens (including phenoxy) is 1. The molecule has 2 rings (SSSR count). The van der Waals surface area contributed by atoms with Crippen LogP contribution in [-0.2, 0) is 11.2 Å². The van der Waals surface area contributed by atoms with Crippen molar-refractivity contribution in [2.75, 3.05) is 13.7 Å². The van der Waals surface area contributed by atoms with E-state index in [4.69, 9.17) is 4.74 Å². The van der Waals surface area contributed by atoms with Crippen LogP contribution in [-0.4, -0.2) is 18.8 Å². The second-order valence-electron chi connectivity index (χ2n) is 3.57. The van der Waals surface area contributed by atoms with Gasteiger partial charge in [0.05, 0.1) is 6.61 Å². The van der Waals surface area contributed by atoms with Crippen LogP contribution < -0.4 is 0 Å². The van der Waals surface area contributed by atoms with Crippen molar-refractivity contribution >= 4 is 0 Å². The minimum absolute atomic E-state index is 0.372. The molecular formula is C11H14O2. The molecule has 1 atom stereocenters. The Balaban J connectivity index is 2.27. The lowest BCUT2D eigenvalue weighted by molar-refractivity contribution is 0.179. The zero-order valence-corrected chi connectivity index (χ0v) is 7.79. The molecule has 0 spiro atoms. The third-order valence-corrected chi connectivity index (χ3v) is 2.70. The van der Waals surface area contributed by atoms with Crippen molar-refractivity contribution in [3.05, 3.63) is 29.3 Å². The molecule has 0 saturated heterocycles. The van der Waals surface area contributed by atoms with E-state index in [1.165, 1.54) is 11.1 Å². The number of hydrogen-bond donors (Lipinski definition) is 1. The van der Waals surface area contributed by atoms with Gasteiger partial charge in [0.1, 0.15) is 5.75 Å². The fourth-order valence-electron chi connectivity index (χ4n) is 2.07. The lowest BCUT2D eigenvalue weighted by Crippen LogP contribution is -2.01. The first-order valence-electron chi connectivity index (χ1n) is 4.62. The second-order valence-corrected chi connectivity index (χ2v) is 3.57. The number of benzene rings is 1. The highest BCUT2D eigenvalue weighted by Gasteiger charge is 2.22. The fourth-order valence-corrected chi connectivity index (χ4v) is 2.07. The van der Waals surface area contributed by atoms with Gasteiger partial charge in [-0.1, -0.05) is 6.07 Å². The summed E-state index contributed by atoms with van der Waals surface area (Å²) >= 11 is 0. The monoisotopic (exact) mass is 178 g/mol. The van der Waals surface area contributed by atoms with Gasteiger partial charge in [-0.2, -0.15) is 0 Å². The number of fused-ring (bicyclic) bond motifs is 1. The normalized spacial score (nSPS) is 20.2. The summed E-state index contributed by atoms with van der Waals surface area (Å²) in [7, 11) is 1.73. The second kappa shape index (κ2) is 3.38. The minimum Gasteiger partial charge on any atom is -0.508 e. The predicted octanol–water partition coefficient (Wildman–Crippen LogP) is 2.07. The first kappa shape index (κ1) is 8.57. The summed E-state index contributed by atoms with van der Waals surface area (Å²) < 4.78 is 5.15. The molecule has 0 amide bonds. The summed E-state index contributed by atoms with van der Waals surface area (Å²) in [6.07, 6.45) is 2.21. The van der Waals surface area contributed by atoms with E-state index in [2.05, 4.69) is 0 Å². The molecule has 70 valence electrons. The van der Waals surface area contributed by atoms with Crippen LogP contribution in [0.2, 0.25) is 0 Å². The van der Waals surface area contributed by atoms with E-state index < -0.39 is 0 Å². The van der Waals surface area contributed by atoms with Gasteiger partial charge in [-0.15, -0.1) is 0 Å². The van der Waals surface area contributed by atoms with Crippen LogP contribution in [0.15, 0.2) is 18.2 Å². The average Bonchev–Trinajstić information content (AvgIpc) is 2.49. The molecule has 2 nitrogen and oxygen atoms in total. The summed E-state index contributed by atoms with van der Waals surface area (Å²) in [4.78, 5) is 0. The number of aryl methyl sites for hydroxylation is 1. The Labute approximate surface area is 78.2 Å². The predicted molar refractivity (Wildman–Crippen MR) is 51.0 cm³/mol. The molecule has 0 fully saturated rings. The van der Waals surface area contributed by atoms with E-state index in [9.17, 15) is 5.11 Å². The highest BCUT2D eigenvalue weighted by molar-refractivity contribution is 5.40. The maximum Gasteiger partial charge on any atom is 0.115 e. The van der Waals surface area contributed by atoms with Crippen molar-refractivity contribution in [2.45, 2.75) is 18.8 Å². The molecule has 1 N–H and O–H groups in total. The molecule has 0 saturated carbocycles. The number of methoxy groups -OCH3 is 1. The number of hydrogen-bond acceptors (Lipinski definition) is 2. The smallest absolute Gasteiger partial charge is 0.115 e. The molecular weight excluding hydrogens is 164 g/mol. The van der Waals surface area contributed by atoms with Gasteiger partial charge in [-0.25, -0.2) is 0 Å². The van der Waals surface area contributed by atoms with Gasteiger partial charge in [0, 0.05) is 13.0 Å². The van der Waals surface area contributed by atoms with E-state index in [-0.39, 0.29) is 0 Å². The van der Waals surface area contributed by atoms with Crippen molar-refractivity contribution in [3.63, 3.8) is 0 Å². The van der Waals surface area contributed by atoms with Crippen molar-refractivity contribution in [3.8, 4) is 5.75 Å². The molecule has 0 bridgehead atoms. The Bertz CT molecular complexity index is 307. The van der Waals surface area contributed by atoms with E-state index in [0.29, 0.717) is 11.7 Å². The lowest BCUT2D eigenvalue weighted by Gasteiger charge is -2.09. The van der Waals surface area contributed by atoms with Crippen LogP contribution in [0.3, 0.4) is 0 Å². The van der Waals surface area contributed by atoms with E-state index in [1.54, 1.807) is 13.2 Å². The van der Waals surface area contributed by atoms with Crippen molar-refractivity contribution in [2.24, 2.45) is 0 Å². The standard InChI is InChI=1S/C11H14O2/c1-13-7-9-3-2-8-6-10(12)4-5-11(8)9/h4-6,9,12H,2-3,7H2,1H3. The van der Waals surface area contributed by atoms with Gasteiger partial charge in [0.15, 0.2) is 0 Å². The third-order valence-electron chi connectivity index (χ3n) is 2.70. The summed E-state index contributed by atoms with van der Waals surface area (Å²) in [5, 5.41) is 9.28. The molecule has 0 aliphatic heterocycles. The van der Waals surface area contributed by atoms with E-state index in [0.717, 1.165) is 19.4 Å². The van der Waals surface area contributed by atoms with Gasteiger partial charge < -0.3 is 9.84 Å². The largest absolute Gasteiger partial charge is 0.508 e. The quantitative estimate of drug-likeness (QED) is 0.751. The molecule has 0 radical (unpaired) electrons. The Hall–Kier alpha value is -1.02. The molecule has 13 heavy (non-hydrogen) atoms. The summed E-state index contributed by atoms with van der Waals surface area (Å²) in [6, 6.07) is 5.64. The van der Waals surface area contributed by atoms with Crippen LogP contribution >= 0.6 is 0 Å². The van der Waals surface area contributed by atoms with Gasteiger partial charge in [-0.3, -0.25) is 0 Å². The Morgan fingerprint density at radius 3 is 3.15 bits per heavy atom. The highest BCUT2D eigenvalue weighted by Crippen LogP contribution is 2.34. The topological polar surface area (TPSA) is 29.5 Å². The first-order valence-corrected chi connectivity index (χ1v) is 4.62. The molecule has 1 unspecified atom stereocenters. The van der Waals surface area contributed by atoms with E-state index >= 15 is 0 Å². The summed E-state index contributed by atoms with van der Waals surface area (Å²) in [6.45, 7) is 0.789. The summed E-state index contributed by atoms with van der Waals surface area (Å²) in [5.41, 5.74) is 2.63. The SMILES string of the molecule is COCC1CCc2cc(O)ccc21. The molecule has 1 aromatic rings. The van der Waals surface area contributed by atoms with Crippen LogP contribution in [0.4, 0.5) is 0 Å². The molecule has 0 aromatic heterocycles. The molecule has 1 aliphatic rings. The zero-order chi connectivity index (χ0) is 9.26. The first-order chi connectivity index (χ1) is 6.31. The molecule has 1 aromatic carbocycles. The van der Waals surface area contributed by atoms with Crippen LogP contribution in [0.25, 0.3) is 0 Å². The summed E-state index contributed by atoms with van der Waals surface area (Å²) in [5.74, 6) is 0.900. The lowest BCUT2D eigenvalue weighted by atomic mass is 10.0. The van der Waals surface area contributed by atoms with E-state index in [1.807, 2.05) is 12.1 Å². The van der Waals surface area contributed by atoms with Crippen LogP contribution in [0, 0.1) is 0 Å². The molecule has 2 heteroatoms. The minimum atomic E-state index is 0.372. The average molecular weight is 178 g/mol. The molecule has 1 aliphatic carbocycles. The van der Waals surface area contributed by atoms with Crippen molar-refractivity contribution in [1.29, 1.82) is 0 Å². The van der Waals surface area contributed by atoms with Gasteiger partial charge in [0.25, 0.3) is 0 Å². The third kappa shape index (κ3) is 1.54. The Morgan fingerprint density at radius 1 is 1.54 bits per heavy atom. The Morgan fingerprint density at radius 2 is 2.38 bits per heavy atom. The van der Waals surface area contributed by atoms with Gasteiger partial charge in [-0.05, 0) is 36.1 Å². The maximum atomic E-state index is 9.28. The number of aromatic hydroxyl groups is 1. The van der Waals surface area contributed by atoms with Gasteiger partial charge >= 0.3 is 0 Å². The molecule has 0 heterocycles. The van der Waals surface area contributed by atoms with Crippen LogP contribution in [0.5, 0.6) is 5.75 Å². The fraction of sp³-hybridized carbons (Fsp3) is 0.455.